The topological polar surface area (TPSA) is 84.2 Å². The minimum Gasteiger partial charge on any atom is -0.352 e. The van der Waals surface area contributed by atoms with Crippen LogP contribution in [-0.4, -0.2) is 24.9 Å². The van der Waals surface area contributed by atoms with E-state index in [1.54, 1.807) is 24.3 Å². The van der Waals surface area contributed by atoms with Gasteiger partial charge in [-0.05, 0) is 37.5 Å². The third-order valence-electron chi connectivity index (χ3n) is 3.14. The van der Waals surface area contributed by atoms with E-state index in [2.05, 4.69) is 24.5 Å². The van der Waals surface area contributed by atoms with Crippen LogP contribution < -0.4 is 16.4 Å². The van der Waals surface area contributed by atoms with Crippen LogP contribution in [0.3, 0.4) is 0 Å². The van der Waals surface area contributed by atoms with Gasteiger partial charge in [-0.25, -0.2) is 0 Å². The maximum Gasteiger partial charge on any atom is 0.251 e. The second-order valence-electron chi connectivity index (χ2n) is 5.49. The molecular weight excluding hydrogens is 266 g/mol. The average Bonchev–Trinajstić information content (AvgIpc) is 2.45. The Bertz CT molecular complexity index is 486. The minimum atomic E-state index is -0.210. The minimum absolute atomic E-state index is 0.0979. The molecule has 1 rings (SSSR count). The number of carbonyl (C=O) groups is 2. The Hall–Kier alpha value is -1.88. The zero-order chi connectivity index (χ0) is 15.8. The van der Waals surface area contributed by atoms with E-state index < -0.39 is 0 Å². The van der Waals surface area contributed by atoms with Crippen molar-refractivity contribution < 1.29 is 9.59 Å². The molecule has 5 nitrogen and oxygen atoms in total. The summed E-state index contributed by atoms with van der Waals surface area (Å²) in [5.74, 6) is -0.0468. The summed E-state index contributed by atoms with van der Waals surface area (Å²) in [6.45, 7) is 6.87. The van der Waals surface area contributed by atoms with Gasteiger partial charge in [0.1, 0.15) is 0 Å². The Balaban J connectivity index is 2.76. The molecule has 116 valence electrons. The second kappa shape index (κ2) is 8.42. The summed E-state index contributed by atoms with van der Waals surface area (Å²) in [6.07, 6.45) is 0.748. The third kappa shape index (κ3) is 5.55. The number of rotatable bonds is 7. The van der Waals surface area contributed by atoms with Gasteiger partial charge in [-0.15, -0.1) is 0 Å². The molecule has 0 aliphatic heterocycles. The van der Waals surface area contributed by atoms with E-state index in [0.717, 1.165) is 6.42 Å². The molecule has 0 spiro atoms. The highest BCUT2D eigenvalue weighted by Crippen LogP contribution is 2.15. The van der Waals surface area contributed by atoms with Crippen LogP contribution in [0.2, 0.25) is 0 Å². The Morgan fingerprint density at radius 2 is 2.00 bits per heavy atom. The first-order valence-electron chi connectivity index (χ1n) is 7.37. The Labute approximate surface area is 126 Å². The molecule has 0 aliphatic rings. The summed E-state index contributed by atoms with van der Waals surface area (Å²) < 4.78 is 0. The molecule has 0 aliphatic carbocycles. The lowest BCUT2D eigenvalue weighted by Crippen LogP contribution is -2.30. The summed E-state index contributed by atoms with van der Waals surface area (Å²) in [7, 11) is 0. The fourth-order valence-corrected chi connectivity index (χ4v) is 2.12. The first kappa shape index (κ1) is 17.2. The number of nitrogens with one attached hydrogen (secondary N) is 2. The molecule has 0 fully saturated rings. The third-order valence-corrected chi connectivity index (χ3v) is 3.14. The highest BCUT2D eigenvalue weighted by atomic mass is 16.2. The van der Waals surface area contributed by atoms with E-state index >= 15 is 0 Å². The van der Waals surface area contributed by atoms with Crippen molar-refractivity contribution in [3.63, 3.8) is 0 Å². The number of amides is 2. The van der Waals surface area contributed by atoms with Crippen molar-refractivity contribution in [2.24, 2.45) is 17.6 Å². The zero-order valence-electron chi connectivity index (χ0n) is 13.0. The van der Waals surface area contributed by atoms with Crippen LogP contribution in [0, 0.1) is 11.8 Å². The van der Waals surface area contributed by atoms with Crippen molar-refractivity contribution in [1.29, 1.82) is 0 Å². The molecule has 2 amide bonds. The SMILES string of the molecule is CCNC(=O)c1cccc(NC(=O)C(CN)CC(C)C)c1. The first-order chi connectivity index (χ1) is 9.97. The van der Waals surface area contributed by atoms with Gasteiger partial charge in [-0.2, -0.15) is 0 Å². The van der Waals surface area contributed by atoms with Crippen LogP contribution in [0.25, 0.3) is 0 Å². The van der Waals surface area contributed by atoms with E-state index in [9.17, 15) is 9.59 Å². The maximum atomic E-state index is 12.2. The number of hydrogen-bond donors (Lipinski definition) is 3. The van der Waals surface area contributed by atoms with Gasteiger partial charge in [0.15, 0.2) is 0 Å². The molecule has 5 heteroatoms. The average molecular weight is 291 g/mol. The van der Waals surface area contributed by atoms with Crippen LogP contribution in [0.15, 0.2) is 24.3 Å². The fraction of sp³-hybridized carbons (Fsp3) is 0.500. The van der Waals surface area contributed by atoms with Crippen LogP contribution >= 0.6 is 0 Å². The van der Waals surface area contributed by atoms with Crippen molar-refractivity contribution in [3.8, 4) is 0 Å². The predicted octanol–water partition coefficient (Wildman–Crippen LogP) is 2.00. The Kier molecular flexibility index (Phi) is 6.88. The standard InChI is InChI=1S/C16H25N3O2/c1-4-18-15(20)12-6-5-7-14(9-12)19-16(21)13(10-17)8-11(2)3/h5-7,9,11,13H,4,8,10,17H2,1-3H3,(H,18,20)(H,19,21). The van der Waals surface area contributed by atoms with Gasteiger partial charge in [0.25, 0.3) is 5.91 Å². The Morgan fingerprint density at radius 3 is 2.57 bits per heavy atom. The smallest absolute Gasteiger partial charge is 0.251 e. The maximum absolute atomic E-state index is 12.2. The van der Waals surface area contributed by atoms with Crippen LogP contribution in [0.5, 0.6) is 0 Å². The quantitative estimate of drug-likeness (QED) is 0.718. The van der Waals surface area contributed by atoms with Crippen molar-refractivity contribution in [2.45, 2.75) is 27.2 Å². The van der Waals surface area contributed by atoms with Crippen molar-refractivity contribution in [3.05, 3.63) is 29.8 Å². The summed E-state index contributed by atoms with van der Waals surface area (Å²) in [5.41, 5.74) is 6.82. The predicted molar refractivity (Wildman–Crippen MR) is 85.1 cm³/mol. The largest absolute Gasteiger partial charge is 0.352 e. The highest BCUT2D eigenvalue weighted by molar-refractivity contribution is 5.97. The highest BCUT2D eigenvalue weighted by Gasteiger charge is 2.18. The van der Waals surface area contributed by atoms with Crippen molar-refractivity contribution >= 4 is 17.5 Å². The van der Waals surface area contributed by atoms with E-state index in [4.69, 9.17) is 5.73 Å². The second-order valence-corrected chi connectivity index (χ2v) is 5.49. The molecule has 0 saturated heterocycles. The molecule has 1 aromatic rings. The monoisotopic (exact) mass is 291 g/mol. The zero-order valence-corrected chi connectivity index (χ0v) is 13.0. The molecule has 1 aromatic carbocycles. The molecule has 21 heavy (non-hydrogen) atoms. The molecule has 1 atom stereocenters. The van der Waals surface area contributed by atoms with Crippen LogP contribution in [-0.2, 0) is 4.79 Å². The summed E-state index contributed by atoms with van der Waals surface area (Å²) in [4.78, 5) is 24.0. The molecular formula is C16H25N3O2. The lowest BCUT2D eigenvalue weighted by molar-refractivity contribution is -0.120. The number of hydrogen-bond acceptors (Lipinski definition) is 3. The summed E-state index contributed by atoms with van der Waals surface area (Å²) in [5, 5.41) is 5.57. The molecule has 0 aromatic heterocycles. The van der Waals surface area contributed by atoms with Gasteiger partial charge >= 0.3 is 0 Å². The van der Waals surface area contributed by atoms with Gasteiger partial charge in [0.2, 0.25) is 5.91 Å². The molecule has 4 N–H and O–H groups in total. The number of anilines is 1. The normalized spacial score (nSPS) is 12.0. The number of benzene rings is 1. The first-order valence-corrected chi connectivity index (χ1v) is 7.37. The molecule has 0 saturated carbocycles. The number of carbonyl (C=O) groups excluding carboxylic acids is 2. The fourth-order valence-electron chi connectivity index (χ4n) is 2.12. The van der Waals surface area contributed by atoms with Crippen LogP contribution in [0.4, 0.5) is 5.69 Å². The van der Waals surface area contributed by atoms with E-state index in [-0.39, 0.29) is 17.7 Å². The van der Waals surface area contributed by atoms with Gasteiger partial charge in [-0.1, -0.05) is 19.9 Å². The summed E-state index contributed by atoms with van der Waals surface area (Å²) in [6, 6.07) is 6.91. The molecule has 0 heterocycles. The van der Waals surface area contributed by atoms with Crippen LogP contribution in [0.1, 0.15) is 37.6 Å². The molecule has 0 radical (unpaired) electrons. The molecule has 0 bridgehead atoms. The summed E-state index contributed by atoms with van der Waals surface area (Å²) >= 11 is 0. The van der Waals surface area contributed by atoms with Gasteiger partial charge in [0.05, 0.1) is 5.92 Å². The van der Waals surface area contributed by atoms with Gasteiger partial charge in [-0.3, -0.25) is 9.59 Å². The lowest BCUT2D eigenvalue weighted by atomic mass is 9.96. The van der Waals surface area contributed by atoms with Crippen molar-refractivity contribution in [2.75, 3.05) is 18.4 Å². The molecule has 1 unspecified atom stereocenters. The van der Waals surface area contributed by atoms with Crippen molar-refractivity contribution in [1.82, 2.24) is 5.32 Å². The van der Waals surface area contributed by atoms with Gasteiger partial charge in [0, 0.05) is 24.3 Å². The van der Waals surface area contributed by atoms with E-state index in [0.29, 0.717) is 30.3 Å². The number of nitrogens with two attached hydrogens (primary N) is 1. The van der Waals surface area contributed by atoms with E-state index in [1.165, 1.54) is 0 Å². The van der Waals surface area contributed by atoms with E-state index in [1.807, 2.05) is 6.92 Å². The van der Waals surface area contributed by atoms with Gasteiger partial charge < -0.3 is 16.4 Å². The Morgan fingerprint density at radius 1 is 1.29 bits per heavy atom. The lowest BCUT2D eigenvalue weighted by Gasteiger charge is -2.17.